The summed E-state index contributed by atoms with van der Waals surface area (Å²) < 4.78 is 2.39. The fraction of sp³-hybridized carbons (Fsp3) is 0.304. The lowest BCUT2D eigenvalue weighted by atomic mass is 10.0. The lowest BCUT2D eigenvalue weighted by Crippen LogP contribution is -2.36. The summed E-state index contributed by atoms with van der Waals surface area (Å²) in [6.07, 6.45) is 5.30. The second-order valence-electron chi connectivity index (χ2n) is 7.42. The van der Waals surface area contributed by atoms with Crippen LogP contribution in [0.25, 0.3) is 28.5 Å². The molecule has 1 fully saturated rings. The van der Waals surface area contributed by atoms with Crippen LogP contribution in [0.15, 0.2) is 54.6 Å². The number of rotatable bonds is 5. The highest BCUT2D eigenvalue weighted by atomic mass is 16.5. The van der Waals surface area contributed by atoms with E-state index in [2.05, 4.69) is 34.6 Å². The molecule has 1 amide bonds. The monoisotopic (exact) mass is 390 g/mol. The zero-order chi connectivity index (χ0) is 20.2. The Morgan fingerprint density at radius 3 is 2.86 bits per heavy atom. The number of nitrogens with one attached hydrogen (secondary N) is 1. The second-order valence-corrected chi connectivity index (χ2v) is 7.42. The molecule has 0 aliphatic carbocycles. The summed E-state index contributed by atoms with van der Waals surface area (Å²) in [6.45, 7) is 5.46. The summed E-state index contributed by atoms with van der Waals surface area (Å²) >= 11 is 0. The summed E-state index contributed by atoms with van der Waals surface area (Å²) in [4.78, 5) is 18.8. The maximum Gasteiger partial charge on any atom is 0.267 e. The number of piperidine rings is 1. The van der Waals surface area contributed by atoms with Crippen LogP contribution in [0.4, 0.5) is 0 Å². The number of aromatic nitrogens is 2. The average Bonchev–Trinajstić information content (AvgIpc) is 3.16. The van der Waals surface area contributed by atoms with E-state index in [9.17, 15) is 4.79 Å². The molecule has 1 atom stereocenters. The van der Waals surface area contributed by atoms with Crippen LogP contribution in [-0.4, -0.2) is 45.2 Å². The van der Waals surface area contributed by atoms with Crippen molar-refractivity contribution < 1.29 is 10.0 Å². The Morgan fingerprint density at radius 2 is 2.10 bits per heavy atom. The van der Waals surface area contributed by atoms with Gasteiger partial charge in [-0.15, -0.1) is 0 Å². The quantitative estimate of drug-likeness (QED) is 0.394. The van der Waals surface area contributed by atoms with E-state index < -0.39 is 5.91 Å². The van der Waals surface area contributed by atoms with Crippen LogP contribution >= 0.6 is 0 Å². The standard InChI is InChI=1S/C23H26N4O2/c1-2-26-14-6-9-19(16-26)27-21-12-10-17(11-13-22(28)25-29)15-20(21)24-23(27)18-7-4-3-5-8-18/h3-5,7-8,10-13,15,19,29H,2,6,9,14,16H2,1H3,(H,25,28)/b13-11+/t19-/m1/s1. The number of likely N-dealkylation sites (N-methyl/N-ethyl adjacent to an activating group) is 1. The highest BCUT2D eigenvalue weighted by Gasteiger charge is 2.25. The molecule has 1 aliphatic heterocycles. The van der Waals surface area contributed by atoms with Crippen molar-refractivity contribution in [1.29, 1.82) is 0 Å². The largest absolute Gasteiger partial charge is 0.320 e. The van der Waals surface area contributed by atoms with Crippen molar-refractivity contribution in [2.24, 2.45) is 0 Å². The number of fused-ring (bicyclic) bond motifs is 1. The molecule has 6 nitrogen and oxygen atoms in total. The van der Waals surface area contributed by atoms with E-state index in [-0.39, 0.29) is 0 Å². The molecule has 1 saturated heterocycles. The molecule has 3 aromatic rings. The molecule has 29 heavy (non-hydrogen) atoms. The predicted octanol–water partition coefficient (Wildman–Crippen LogP) is 3.88. The van der Waals surface area contributed by atoms with Gasteiger partial charge in [-0.05, 0) is 49.7 Å². The van der Waals surface area contributed by atoms with Gasteiger partial charge in [-0.3, -0.25) is 10.0 Å². The Labute approximate surface area is 170 Å². The van der Waals surface area contributed by atoms with Gasteiger partial charge in [0.2, 0.25) is 0 Å². The number of carbonyl (C=O) groups is 1. The fourth-order valence-corrected chi connectivity index (χ4v) is 4.12. The van der Waals surface area contributed by atoms with Crippen LogP contribution in [0.5, 0.6) is 0 Å². The number of imidazole rings is 1. The van der Waals surface area contributed by atoms with Gasteiger partial charge in [0.05, 0.1) is 11.0 Å². The highest BCUT2D eigenvalue weighted by molar-refractivity contribution is 5.92. The van der Waals surface area contributed by atoms with Gasteiger partial charge in [-0.25, -0.2) is 10.5 Å². The fourth-order valence-electron chi connectivity index (χ4n) is 4.12. The summed E-state index contributed by atoms with van der Waals surface area (Å²) in [7, 11) is 0. The first-order valence-electron chi connectivity index (χ1n) is 10.1. The Morgan fingerprint density at radius 1 is 1.28 bits per heavy atom. The summed E-state index contributed by atoms with van der Waals surface area (Å²) in [5, 5.41) is 8.67. The summed E-state index contributed by atoms with van der Waals surface area (Å²) in [5.41, 5.74) is 5.59. The first-order chi connectivity index (χ1) is 14.2. The van der Waals surface area contributed by atoms with E-state index in [1.165, 1.54) is 12.5 Å². The maximum absolute atomic E-state index is 11.3. The molecule has 2 heterocycles. The lowest BCUT2D eigenvalue weighted by Gasteiger charge is -2.33. The number of hydrogen-bond acceptors (Lipinski definition) is 4. The van der Waals surface area contributed by atoms with Gasteiger partial charge in [0.1, 0.15) is 5.82 Å². The molecular formula is C23H26N4O2. The first kappa shape index (κ1) is 19.4. The van der Waals surface area contributed by atoms with Crippen LogP contribution in [-0.2, 0) is 4.79 Å². The third-order valence-electron chi connectivity index (χ3n) is 5.58. The molecule has 0 unspecified atom stereocenters. The molecule has 0 saturated carbocycles. The van der Waals surface area contributed by atoms with Crippen molar-refractivity contribution in [2.75, 3.05) is 19.6 Å². The highest BCUT2D eigenvalue weighted by Crippen LogP contribution is 2.33. The Kier molecular flexibility index (Phi) is 5.74. The lowest BCUT2D eigenvalue weighted by molar-refractivity contribution is -0.124. The molecule has 0 spiro atoms. The minimum absolute atomic E-state index is 0.380. The number of hydroxylamine groups is 1. The Hall–Kier alpha value is -2.96. The van der Waals surface area contributed by atoms with Gasteiger partial charge in [0.15, 0.2) is 0 Å². The van der Waals surface area contributed by atoms with Gasteiger partial charge in [-0.2, -0.15) is 0 Å². The molecule has 2 aromatic carbocycles. The molecule has 1 aromatic heterocycles. The van der Waals surface area contributed by atoms with Crippen LogP contribution < -0.4 is 5.48 Å². The number of amides is 1. The first-order valence-corrected chi connectivity index (χ1v) is 10.1. The smallest absolute Gasteiger partial charge is 0.267 e. The van der Waals surface area contributed by atoms with Gasteiger partial charge < -0.3 is 9.47 Å². The summed E-state index contributed by atoms with van der Waals surface area (Å²) in [6, 6.07) is 16.7. The average molecular weight is 390 g/mol. The van der Waals surface area contributed by atoms with Crippen LogP contribution in [0.1, 0.15) is 31.4 Å². The number of likely N-dealkylation sites (tertiary alicyclic amines) is 1. The molecule has 0 bridgehead atoms. The van der Waals surface area contributed by atoms with Crippen LogP contribution in [0.3, 0.4) is 0 Å². The normalized spacial score (nSPS) is 17.8. The predicted molar refractivity (Wildman–Crippen MR) is 115 cm³/mol. The Bertz CT molecular complexity index is 1030. The van der Waals surface area contributed by atoms with E-state index in [1.807, 2.05) is 30.3 Å². The topological polar surface area (TPSA) is 70.4 Å². The number of hydrogen-bond donors (Lipinski definition) is 2. The van der Waals surface area contributed by atoms with E-state index in [4.69, 9.17) is 10.2 Å². The number of benzene rings is 2. The van der Waals surface area contributed by atoms with Gasteiger partial charge in [0, 0.05) is 24.2 Å². The minimum atomic E-state index is -0.553. The molecular weight excluding hydrogens is 364 g/mol. The third kappa shape index (κ3) is 4.09. The van der Waals surface area contributed by atoms with Crippen molar-refractivity contribution in [2.45, 2.75) is 25.8 Å². The van der Waals surface area contributed by atoms with E-state index >= 15 is 0 Å². The van der Waals surface area contributed by atoms with Crippen molar-refractivity contribution in [3.05, 3.63) is 60.2 Å². The molecule has 4 rings (SSSR count). The van der Waals surface area contributed by atoms with Crippen molar-refractivity contribution in [1.82, 2.24) is 19.9 Å². The molecule has 150 valence electrons. The third-order valence-corrected chi connectivity index (χ3v) is 5.58. The molecule has 6 heteroatoms. The van der Waals surface area contributed by atoms with Gasteiger partial charge in [-0.1, -0.05) is 43.3 Å². The Balaban J connectivity index is 1.80. The zero-order valence-corrected chi connectivity index (χ0v) is 16.6. The second kappa shape index (κ2) is 8.59. The molecule has 0 radical (unpaired) electrons. The van der Waals surface area contributed by atoms with Crippen molar-refractivity contribution in [3.63, 3.8) is 0 Å². The van der Waals surface area contributed by atoms with Crippen molar-refractivity contribution in [3.8, 4) is 11.4 Å². The zero-order valence-electron chi connectivity index (χ0n) is 16.6. The van der Waals surface area contributed by atoms with Gasteiger partial charge in [0.25, 0.3) is 5.91 Å². The maximum atomic E-state index is 11.3. The van der Waals surface area contributed by atoms with E-state index in [0.717, 1.165) is 54.0 Å². The minimum Gasteiger partial charge on any atom is -0.320 e. The molecule has 2 N–H and O–H groups in total. The SMILES string of the molecule is CCN1CCC[C@@H](n2c(-c3ccccc3)nc3cc(/C=C/C(=O)NO)ccc32)C1. The van der Waals surface area contributed by atoms with E-state index in [1.54, 1.807) is 11.6 Å². The van der Waals surface area contributed by atoms with Crippen LogP contribution in [0, 0.1) is 0 Å². The number of nitrogens with zero attached hydrogens (tertiary/aromatic N) is 3. The van der Waals surface area contributed by atoms with E-state index in [0.29, 0.717) is 6.04 Å². The van der Waals surface area contributed by atoms with Crippen molar-refractivity contribution >= 4 is 23.0 Å². The van der Waals surface area contributed by atoms with Gasteiger partial charge >= 0.3 is 0 Å². The number of carbonyl (C=O) groups excluding carboxylic acids is 1. The van der Waals surface area contributed by atoms with Crippen LogP contribution in [0.2, 0.25) is 0 Å². The molecule has 1 aliphatic rings. The summed E-state index contributed by atoms with van der Waals surface area (Å²) in [5.74, 6) is 0.431.